The van der Waals surface area contributed by atoms with Gasteiger partial charge < -0.3 is 15.8 Å². The van der Waals surface area contributed by atoms with Crippen molar-refractivity contribution in [1.82, 2.24) is 5.32 Å². The molecule has 1 aliphatic heterocycles. The average molecular weight is 399 g/mol. The van der Waals surface area contributed by atoms with Gasteiger partial charge in [-0.05, 0) is 43.4 Å². The van der Waals surface area contributed by atoms with E-state index in [9.17, 15) is 9.59 Å². The Bertz CT molecular complexity index is 689. The lowest BCUT2D eigenvalue weighted by atomic mass is 9.69. The Morgan fingerprint density at radius 2 is 1.85 bits per heavy atom. The molecule has 1 aromatic rings. The lowest BCUT2D eigenvalue weighted by Gasteiger charge is -2.39. The summed E-state index contributed by atoms with van der Waals surface area (Å²) in [6.07, 6.45) is 5.02. The third-order valence-electron chi connectivity index (χ3n) is 5.54. The molecule has 2 atom stereocenters. The maximum absolute atomic E-state index is 12.5. The van der Waals surface area contributed by atoms with Crippen LogP contribution in [0.5, 0.6) is 0 Å². The molecule has 0 spiro atoms. The van der Waals surface area contributed by atoms with Crippen LogP contribution < -0.4 is 11.1 Å². The topological polar surface area (TPSA) is 81.4 Å². The van der Waals surface area contributed by atoms with Gasteiger partial charge in [0.25, 0.3) is 0 Å². The Kier molecular flexibility index (Phi) is 6.10. The standard InChI is InChI=1S/C19H24Cl2N2O3/c20-12-4-5-13(14(21)10-12)19(8-2-1-3-9-19)11-23-18(25)16-7-6-15(26-16)17(22)24/h4-5,10,15-16H,1-3,6-9,11H2,(H2,22,24)(H,23,25)/t15-,16+/m0/s1. The number of rotatable bonds is 5. The second-order valence-electron chi connectivity index (χ2n) is 7.28. The number of amides is 2. The zero-order valence-corrected chi connectivity index (χ0v) is 16.1. The van der Waals surface area contributed by atoms with Crippen molar-refractivity contribution in [1.29, 1.82) is 0 Å². The lowest BCUT2D eigenvalue weighted by Crippen LogP contribution is -2.45. The molecule has 0 aromatic heterocycles. The number of carbonyl (C=O) groups excluding carboxylic acids is 2. The van der Waals surface area contributed by atoms with Crippen molar-refractivity contribution in [3.8, 4) is 0 Å². The molecular weight excluding hydrogens is 375 g/mol. The SMILES string of the molecule is NC(=O)[C@@H]1CC[C@H](C(=O)NCC2(c3ccc(Cl)cc3Cl)CCCCC2)O1. The summed E-state index contributed by atoms with van der Waals surface area (Å²) in [5.41, 5.74) is 6.09. The zero-order chi connectivity index (χ0) is 18.7. The van der Waals surface area contributed by atoms with Gasteiger partial charge in [0, 0.05) is 22.0 Å². The van der Waals surface area contributed by atoms with Gasteiger partial charge in [-0.25, -0.2) is 0 Å². The summed E-state index contributed by atoms with van der Waals surface area (Å²) in [6, 6.07) is 5.57. The summed E-state index contributed by atoms with van der Waals surface area (Å²) in [5.74, 6) is -0.708. The van der Waals surface area contributed by atoms with Crippen LogP contribution in [0, 0.1) is 0 Å². The highest BCUT2D eigenvalue weighted by molar-refractivity contribution is 6.35. The predicted molar refractivity (Wildman–Crippen MR) is 101 cm³/mol. The highest BCUT2D eigenvalue weighted by atomic mass is 35.5. The third-order valence-corrected chi connectivity index (χ3v) is 6.09. The summed E-state index contributed by atoms with van der Waals surface area (Å²) in [7, 11) is 0. The number of benzene rings is 1. The van der Waals surface area contributed by atoms with Crippen LogP contribution >= 0.6 is 23.2 Å². The number of primary amides is 1. The second-order valence-corrected chi connectivity index (χ2v) is 8.12. The maximum atomic E-state index is 12.5. The van der Waals surface area contributed by atoms with E-state index in [0.29, 0.717) is 29.4 Å². The highest BCUT2D eigenvalue weighted by Crippen LogP contribution is 2.42. The molecule has 2 aliphatic rings. The molecule has 142 valence electrons. The summed E-state index contributed by atoms with van der Waals surface area (Å²) in [5, 5.41) is 4.27. The molecule has 0 radical (unpaired) electrons. The van der Waals surface area contributed by atoms with Crippen molar-refractivity contribution in [3.05, 3.63) is 33.8 Å². The molecular formula is C19H24Cl2N2O3. The van der Waals surface area contributed by atoms with E-state index in [1.54, 1.807) is 6.07 Å². The highest BCUT2D eigenvalue weighted by Gasteiger charge is 2.38. The molecule has 2 amide bonds. The normalized spacial score (nSPS) is 25.0. The van der Waals surface area contributed by atoms with Crippen LogP contribution in [-0.4, -0.2) is 30.6 Å². The molecule has 0 bridgehead atoms. The Balaban J connectivity index is 1.71. The maximum Gasteiger partial charge on any atom is 0.249 e. The molecule has 5 nitrogen and oxygen atoms in total. The van der Waals surface area contributed by atoms with E-state index in [1.807, 2.05) is 12.1 Å². The summed E-state index contributed by atoms with van der Waals surface area (Å²) >= 11 is 12.5. The minimum absolute atomic E-state index is 0.191. The molecule has 7 heteroatoms. The first-order valence-corrected chi connectivity index (χ1v) is 9.85. The number of carbonyl (C=O) groups is 2. The van der Waals surface area contributed by atoms with Crippen molar-refractivity contribution >= 4 is 35.0 Å². The summed E-state index contributed by atoms with van der Waals surface area (Å²) in [6.45, 7) is 0.494. The lowest BCUT2D eigenvalue weighted by molar-refractivity contribution is -0.137. The zero-order valence-electron chi connectivity index (χ0n) is 14.6. The van der Waals surface area contributed by atoms with Gasteiger partial charge in [0.05, 0.1) is 0 Å². The van der Waals surface area contributed by atoms with E-state index in [2.05, 4.69) is 5.32 Å². The quantitative estimate of drug-likeness (QED) is 0.797. The first-order valence-electron chi connectivity index (χ1n) is 9.09. The minimum atomic E-state index is -0.667. The van der Waals surface area contributed by atoms with Crippen molar-refractivity contribution in [3.63, 3.8) is 0 Å². The van der Waals surface area contributed by atoms with E-state index in [-0.39, 0.29) is 11.3 Å². The first kappa shape index (κ1) is 19.5. The van der Waals surface area contributed by atoms with E-state index in [1.165, 1.54) is 6.42 Å². The third kappa shape index (κ3) is 4.16. The predicted octanol–water partition coefficient (Wildman–Crippen LogP) is 3.34. The van der Waals surface area contributed by atoms with Crippen LogP contribution in [0.4, 0.5) is 0 Å². The fourth-order valence-corrected chi connectivity index (χ4v) is 4.71. The first-order chi connectivity index (χ1) is 12.4. The van der Waals surface area contributed by atoms with Gasteiger partial charge in [-0.2, -0.15) is 0 Å². The summed E-state index contributed by atoms with van der Waals surface area (Å²) in [4.78, 5) is 23.7. The molecule has 26 heavy (non-hydrogen) atoms. The van der Waals surface area contributed by atoms with Crippen LogP contribution in [0.25, 0.3) is 0 Å². The van der Waals surface area contributed by atoms with Gasteiger partial charge in [-0.3, -0.25) is 9.59 Å². The van der Waals surface area contributed by atoms with Crippen molar-refractivity contribution in [2.45, 2.75) is 62.6 Å². The fraction of sp³-hybridized carbons (Fsp3) is 0.579. The Hall–Kier alpha value is -1.30. The molecule has 1 heterocycles. The van der Waals surface area contributed by atoms with E-state index < -0.39 is 18.1 Å². The van der Waals surface area contributed by atoms with Gasteiger partial charge in [0.2, 0.25) is 11.8 Å². The smallest absolute Gasteiger partial charge is 0.249 e. The van der Waals surface area contributed by atoms with Gasteiger partial charge in [0.15, 0.2) is 0 Å². The molecule has 3 rings (SSSR count). The summed E-state index contributed by atoms with van der Waals surface area (Å²) < 4.78 is 5.47. The number of ether oxygens (including phenoxy) is 1. The number of hydrogen-bond acceptors (Lipinski definition) is 3. The van der Waals surface area contributed by atoms with Crippen LogP contribution in [0.1, 0.15) is 50.5 Å². The van der Waals surface area contributed by atoms with E-state index in [4.69, 9.17) is 33.7 Å². The molecule has 1 saturated carbocycles. The molecule has 1 saturated heterocycles. The Labute approximate surface area is 163 Å². The molecule has 0 unspecified atom stereocenters. The minimum Gasteiger partial charge on any atom is -0.367 e. The van der Waals surface area contributed by atoms with Crippen molar-refractivity contribution in [2.24, 2.45) is 5.73 Å². The van der Waals surface area contributed by atoms with E-state index in [0.717, 1.165) is 31.2 Å². The average Bonchev–Trinajstić information content (AvgIpc) is 3.11. The monoisotopic (exact) mass is 398 g/mol. The number of nitrogens with two attached hydrogens (primary N) is 1. The van der Waals surface area contributed by atoms with Crippen LogP contribution in [-0.2, 0) is 19.7 Å². The van der Waals surface area contributed by atoms with Crippen LogP contribution in [0.2, 0.25) is 10.0 Å². The molecule has 2 fully saturated rings. The Morgan fingerprint density at radius 3 is 2.46 bits per heavy atom. The second kappa shape index (κ2) is 8.15. The number of halogens is 2. The molecule has 1 aliphatic carbocycles. The number of hydrogen-bond donors (Lipinski definition) is 2. The van der Waals surface area contributed by atoms with Gasteiger partial charge in [-0.15, -0.1) is 0 Å². The van der Waals surface area contributed by atoms with Gasteiger partial charge in [-0.1, -0.05) is 48.5 Å². The van der Waals surface area contributed by atoms with E-state index >= 15 is 0 Å². The van der Waals surface area contributed by atoms with Gasteiger partial charge in [0.1, 0.15) is 12.2 Å². The van der Waals surface area contributed by atoms with Crippen LogP contribution in [0.3, 0.4) is 0 Å². The van der Waals surface area contributed by atoms with Crippen molar-refractivity contribution in [2.75, 3.05) is 6.54 Å². The molecule has 1 aromatic carbocycles. The Morgan fingerprint density at radius 1 is 1.15 bits per heavy atom. The fourth-order valence-electron chi connectivity index (χ4n) is 4.10. The van der Waals surface area contributed by atoms with Crippen molar-refractivity contribution < 1.29 is 14.3 Å². The molecule has 3 N–H and O–H groups in total. The largest absolute Gasteiger partial charge is 0.367 e. The van der Waals surface area contributed by atoms with Crippen LogP contribution in [0.15, 0.2) is 18.2 Å². The van der Waals surface area contributed by atoms with Gasteiger partial charge >= 0.3 is 0 Å². The number of nitrogens with one attached hydrogen (secondary N) is 1.